The third-order valence-corrected chi connectivity index (χ3v) is 2.25. The molecule has 0 saturated heterocycles. The van der Waals surface area contributed by atoms with E-state index in [0.717, 1.165) is 11.1 Å². The number of hydrogen-bond donors (Lipinski definition) is 0. The van der Waals surface area contributed by atoms with Crippen molar-refractivity contribution in [2.75, 3.05) is 0 Å². The predicted octanol–water partition coefficient (Wildman–Crippen LogP) is 3.63. The topological polar surface area (TPSA) is 47.6 Å². The summed E-state index contributed by atoms with van der Waals surface area (Å²) in [4.78, 5) is 0. The van der Waals surface area contributed by atoms with Gasteiger partial charge in [-0.25, -0.2) is 22.7 Å². The van der Waals surface area contributed by atoms with Crippen LogP contribution in [0.4, 0.5) is 0 Å². The molecule has 0 unspecified atom stereocenters. The maximum atomic E-state index is 8.56. The fraction of sp³-hybridized carbons (Fsp3) is 0.0667. The molecule has 2 aromatic carbocycles. The molecule has 0 aromatic heterocycles. The van der Waals surface area contributed by atoms with E-state index in [1.54, 1.807) is 6.92 Å². The van der Waals surface area contributed by atoms with Gasteiger partial charge in [0.15, 0.2) is 0 Å². The first kappa shape index (κ1) is 15.9. The molecular weight excluding hydrogens is 264 g/mol. The second kappa shape index (κ2) is 9.02. The first-order valence-electron chi connectivity index (χ1n) is 5.19. The van der Waals surface area contributed by atoms with E-state index in [1.165, 1.54) is 0 Å². The number of nitrogens with zero attached hydrogens (tertiary/aromatic N) is 2. The van der Waals surface area contributed by atoms with Crippen LogP contribution >= 0.6 is 0 Å². The van der Waals surface area contributed by atoms with Gasteiger partial charge in [-0.1, -0.05) is 12.5 Å². The molecule has 0 bridgehead atoms. The van der Waals surface area contributed by atoms with Crippen molar-refractivity contribution in [3.05, 3.63) is 65.7 Å². The number of allylic oxidation sites excluding steroid dienone is 2. The third kappa shape index (κ3) is 4.85. The molecular formula is C15H12FeN2. The monoisotopic (exact) mass is 276 g/mol. The number of nitriles is 2. The molecule has 0 aliphatic rings. The first-order valence-corrected chi connectivity index (χ1v) is 5.19. The van der Waals surface area contributed by atoms with Gasteiger partial charge in [0.1, 0.15) is 0 Å². The smallest absolute Gasteiger partial charge is 0.214 e. The molecule has 90 valence electrons. The molecule has 0 saturated carbocycles. The summed E-state index contributed by atoms with van der Waals surface area (Å²) in [5.41, 5.74) is 1.86. The van der Waals surface area contributed by atoms with Crippen LogP contribution in [0.1, 0.15) is 12.5 Å². The molecule has 0 spiro atoms. The predicted molar refractivity (Wildman–Crippen MR) is 67.9 cm³/mol. The summed E-state index contributed by atoms with van der Waals surface area (Å²) >= 11 is 0. The Hall–Kier alpha value is -2.06. The Morgan fingerprint density at radius 1 is 1.00 bits per heavy atom. The summed E-state index contributed by atoms with van der Waals surface area (Å²) in [6, 6.07) is 21.2. The van der Waals surface area contributed by atoms with E-state index in [4.69, 9.17) is 10.5 Å². The van der Waals surface area contributed by atoms with Gasteiger partial charge < -0.3 is 0 Å². The maximum Gasteiger partial charge on any atom is 2.00 e. The van der Waals surface area contributed by atoms with Gasteiger partial charge >= 0.3 is 17.1 Å². The third-order valence-electron chi connectivity index (χ3n) is 2.25. The minimum Gasteiger partial charge on any atom is -0.214 e. The zero-order valence-electron chi connectivity index (χ0n) is 9.94. The molecule has 0 atom stereocenters. The van der Waals surface area contributed by atoms with E-state index >= 15 is 0 Å². The van der Waals surface area contributed by atoms with Crippen LogP contribution in [0.25, 0.3) is 5.57 Å². The summed E-state index contributed by atoms with van der Waals surface area (Å²) in [5.74, 6) is 0. The van der Waals surface area contributed by atoms with Crippen molar-refractivity contribution in [1.29, 1.82) is 10.5 Å². The molecule has 0 fully saturated rings. The summed E-state index contributed by atoms with van der Waals surface area (Å²) in [6.07, 6.45) is 0. The molecule has 0 amide bonds. The molecule has 3 heteroatoms. The Morgan fingerprint density at radius 2 is 1.50 bits per heavy atom. The normalized spacial score (nSPS) is 7.72. The zero-order chi connectivity index (χ0) is 12.5. The summed E-state index contributed by atoms with van der Waals surface area (Å²) in [6.45, 7) is 1.77. The standard InChI is InChI=1S/C10H7N2.C5H5.Fe/c1-8(10(6-11)7-12)9-4-2-3-5-9;1-2-4-5-3-1;/h2-5H,1H3;1-5H;/q2*-1;+2. The number of rotatable bonds is 1. The van der Waals surface area contributed by atoms with Crippen molar-refractivity contribution in [2.45, 2.75) is 6.92 Å². The van der Waals surface area contributed by atoms with Crippen molar-refractivity contribution in [3.8, 4) is 12.1 Å². The van der Waals surface area contributed by atoms with Crippen molar-refractivity contribution in [2.24, 2.45) is 0 Å². The van der Waals surface area contributed by atoms with Crippen LogP contribution in [-0.2, 0) is 17.1 Å². The van der Waals surface area contributed by atoms with Gasteiger partial charge in [-0.2, -0.15) is 30.3 Å². The van der Waals surface area contributed by atoms with Gasteiger partial charge in [0.2, 0.25) is 0 Å². The van der Waals surface area contributed by atoms with E-state index in [2.05, 4.69) is 0 Å². The minimum absolute atomic E-state index is 0. The Bertz CT molecular complexity index is 501. The van der Waals surface area contributed by atoms with Crippen LogP contribution in [-0.4, -0.2) is 0 Å². The van der Waals surface area contributed by atoms with Gasteiger partial charge in [0.05, 0.1) is 17.7 Å². The molecule has 0 heterocycles. The van der Waals surface area contributed by atoms with Gasteiger partial charge in [0, 0.05) is 0 Å². The second-order valence-electron chi connectivity index (χ2n) is 3.36. The molecule has 0 N–H and O–H groups in total. The van der Waals surface area contributed by atoms with Crippen LogP contribution < -0.4 is 0 Å². The van der Waals surface area contributed by atoms with Gasteiger partial charge in [-0.05, 0) is 0 Å². The summed E-state index contributed by atoms with van der Waals surface area (Å²) in [5, 5.41) is 17.1. The van der Waals surface area contributed by atoms with Crippen LogP contribution in [0.3, 0.4) is 0 Å². The molecule has 0 aliphatic carbocycles. The Labute approximate surface area is 118 Å². The fourth-order valence-electron chi connectivity index (χ4n) is 1.28. The fourth-order valence-corrected chi connectivity index (χ4v) is 1.28. The zero-order valence-corrected chi connectivity index (χ0v) is 11.0. The summed E-state index contributed by atoms with van der Waals surface area (Å²) in [7, 11) is 0. The Morgan fingerprint density at radius 3 is 1.83 bits per heavy atom. The van der Waals surface area contributed by atoms with Crippen molar-refractivity contribution in [3.63, 3.8) is 0 Å². The maximum absolute atomic E-state index is 8.56. The van der Waals surface area contributed by atoms with Crippen molar-refractivity contribution >= 4 is 5.57 Å². The number of hydrogen-bond acceptors (Lipinski definition) is 2. The van der Waals surface area contributed by atoms with E-state index in [9.17, 15) is 0 Å². The Balaban J connectivity index is 0.000000405. The molecule has 0 radical (unpaired) electrons. The summed E-state index contributed by atoms with van der Waals surface area (Å²) < 4.78 is 0. The van der Waals surface area contributed by atoms with Crippen LogP contribution in [0.5, 0.6) is 0 Å². The largest absolute Gasteiger partial charge is 2.00 e. The first-order chi connectivity index (χ1) is 8.29. The van der Waals surface area contributed by atoms with Gasteiger partial charge in [0.25, 0.3) is 0 Å². The molecule has 2 nitrogen and oxygen atoms in total. The van der Waals surface area contributed by atoms with Crippen LogP contribution in [0.2, 0.25) is 0 Å². The molecule has 2 aromatic rings. The van der Waals surface area contributed by atoms with Crippen molar-refractivity contribution in [1.82, 2.24) is 0 Å². The quantitative estimate of drug-likeness (QED) is 0.453. The van der Waals surface area contributed by atoms with Gasteiger partial charge in [-0.15, -0.1) is 17.7 Å². The second-order valence-corrected chi connectivity index (χ2v) is 3.36. The van der Waals surface area contributed by atoms with Crippen molar-refractivity contribution < 1.29 is 17.1 Å². The van der Waals surface area contributed by atoms with Gasteiger partial charge in [-0.3, -0.25) is 0 Å². The average molecular weight is 276 g/mol. The van der Waals surface area contributed by atoms with E-state index in [-0.39, 0.29) is 22.6 Å². The molecule has 2 rings (SSSR count). The average Bonchev–Trinajstić information content (AvgIpc) is 3.07. The SMILES string of the molecule is CC(=C(C#N)C#N)[c-]1cccc1.[Fe+2].c1cc[cH-]c1. The Kier molecular flexibility index (Phi) is 7.99. The van der Waals surface area contributed by atoms with E-state index in [1.807, 2.05) is 66.7 Å². The van der Waals surface area contributed by atoms with E-state index in [0.29, 0.717) is 0 Å². The minimum atomic E-state index is 0. The molecule has 18 heavy (non-hydrogen) atoms. The van der Waals surface area contributed by atoms with E-state index < -0.39 is 0 Å². The van der Waals surface area contributed by atoms with Crippen LogP contribution in [0, 0.1) is 22.7 Å². The molecule has 0 aliphatic heterocycles. The van der Waals surface area contributed by atoms with Crippen LogP contribution in [0.15, 0.2) is 60.2 Å².